The van der Waals surface area contributed by atoms with E-state index in [1.807, 2.05) is 6.07 Å². The Labute approximate surface area is 220 Å². The third-order valence-electron chi connectivity index (χ3n) is 8.72. The lowest BCUT2D eigenvalue weighted by Crippen LogP contribution is -2.25. The Morgan fingerprint density at radius 1 is 0.368 bits per heavy atom. The van der Waals surface area contributed by atoms with E-state index in [9.17, 15) is 0 Å². The second-order valence-corrected chi connectivity index (χ2v) is 10.4. The first kappa shape index (κ1) is 20.2. The molecular weight excluding hydrogens is 460 g/mol. The van der Waals surface area contributed by atoms with Gasteiger partial charge in [0.25, 0.3) is 0 Å². The fourth-order valence-electron chi connectivity index (χ4n) is 7.33. The van der Waals surface area contributed by atoms with Crippen molar-refractivity contribution in [2.45, 2.75) is 5.41 Å². The Morgan fingerprint density at radius 2 is 0.868 bits per heavy atom. The second-order valence-electron chi connectivity index (χ2n) is 10.4. The smallest absolute Gasteiger partial charge is 0.143 e. The lowest BCUT2D eigenvalue weighted by Gasteiger charge is -2.30. The van der Waals surface area contributed by atoms with Gasteiger partial charge in [-0.05, 0) is 56.1 Å². The molecule has 176 valence electrons. The summed E-state index contributed by atoms with van der Waals surface area (Å²) in [6, 6.07) is 48.6. The number of fused-ring (bicyclic) bond motifs is 13. The first-order chi connectivity index (χ1) is 18.9. The minimum atomic E-state index is -0.336. The highest BCUT2D eigenvalue weighted by atomic mass is 16.3. The Bertz CT molecular complexity index is 2050. The molecule has 0 aliphatic heterocycles. The maximum absolute atomic E-state index is 6.52. The number of benzene rings is 6. The summed E-state index contributed by atoms with van der Waals surface area (Å²) in [7, 11) is 0. The summed E-state index contributed by atoms with van der Waals surface area (Å²) in [6.07, 6.45) is 0. The maximum Gasteiger partial charge on any atom is 0.143 e. The van der Waals surface area contributed by atoms with Gasteiger partial charge in [0.2, 0.25) is 0 Å². The molecule has 1 heteroatoms. The van der Waals surface area contributed by atoms with Crippen molar-refractivity contribution in [2.24, 2.45) is 0 Å². The molecule has 0 fully saturated rings. The predicted octanol–water partition coefficient (Wildman–Crippen LogP) is 9.60. The van der Waals surface area contributed by atoms with E-state index in [0.29, 0.717) is 0 Å². The molecule has 9 rings (SSSR count). The standard InChI is InChI=1S/C37H22O/c1-5-18-30-23(11-1)24-12-2-6-19-31(24)37(30)32-20-7-3-14-29(32)35-26(15-10-21-33(35)37)28-17-9-16-27-25-13-4-8-22-34(25)38-36(27)28/h1-22H. The molecule has 0 saturated heterocycles. The highest BCUT2D eigenvalue weighted by Crippen LogP contribution is 2.64. The molecule has 2 aliphatic rings. The number of hydrogen-bond acceptors (Lipinski definition) is 1. The summed E-state index contributed by atoms with van der Waals surface area (Å²) in [4.78, 5) is 0. The van der Waals surface area contributed by atoms with Crippen LogP contribution in [-0.4, -0.2) is 0 Å². The quantitative estimate of drug-likeness (QED) is 0.227. The summed E-state index contributed by atoms with van der Waals surface area (Å²) < 4.78 is 6.52. The Kier molecular flexibility index (Phi) is 3.78. The summed E-state index contributed by atoms with van der Waals surface area (Å²) in [5.41, 5.74) is 14.6. The Hall–Kier alpha value is -4.88. The lowest BCUT2D eigenvalue weighted by atomic mass is 9.70. The van der Waals surface area contributed by atoms with Gasteiger partial charge in [-0.2, -0.15) is 0 Å². The van der Waals surface area contributed by atoms with Gasteiger partial charge in [0.1, 0.15) is 11.2 Å². The van der Waals surface area contributed by atoms with Crippen molar-refractivity contribution in [3.05, 3.63) is 156 Å². The van der Waals surface area contributed by atoms with Crippen molar-refractivity contribution in [3.63, 3.8) is 0 Å². The van der Waals surface area contributed by atoms with Gasteiger partial charge in [0.15, 0.2) is 0 Å². The van der Waals surface area contributed by atoms with E-state index < -0.39 is 0 Å². The molecule has 1 aromatic heterocycles. The van der Waals surface area contributed by atoms with Crippen LogP contribution in [0.2, 0.25) is 0 Å². The SMILES string of the molecule is c1ccc2c(c1)-c1ccccc1C21c2ccccc2-c2c(-c3cccc4c3oc3ccccc34)cccc21. The van der Waals surface area contributed by atoms with Gasteiger partial charge in [-0.1, -0.05) is 127 Å². The molecule has 0 N–H and O–H groups in total. The summed E-state index contributed by atoms with van der Waals surface area (Å²) in [5, 5.41) is 2.32. The zero-order valence-electron chi connectivity index (χ0n) is 20.6. The lowest BCUT2D eigenvalue weighted by molar-refractivity contribution is 0.670. The monoisotopic (exact) mass is 482 g/mol. The topological polar surface area (TPSA) is 13.1 Å². The van der Waals surface area contributed by atoms with E-state index in [-0.39, 0.29) is 5.41 Å². The number of rotatable bonds is 1. The van der Waals surface area contributed by atoms with Crippen LogP contribution in [0, 0.1) is 0 Å². The summed E-state index contributed by atoms with van der Waals surface area (Å²) in [5.74, 6) is 0. The van der Waals surface area contributed by atoms with Crippen LogP contribution in [0.5, 0.6) is 0 Å². The molecule has 0 radical (unpaired) electrons. The molecule has 0 saturated carbocycles. The Balaban J connectivity index is 1.44. The third kappa shape index (κ3) is 2.29. The van der Waals surface area contributed by atoms with Gasteiger partial charge >= 0.3 is 0 Å². The van der Waals surface area contributed by atoms with Crippen LogP contribution < -0.4 is 0 Å². The summed E-state index contributed by atoms with van der Waals surface area (Å²) >= 11 is 0. The van der Waals surface area contributed by atoms with Crippen LogP contribution in [-0.2, 0) is 5.41 Å². The van der Waals surface area contributed by atoms with E-state index in [1.54, 1.807) is 0 Å². The molecule has 0 bridgehead atoms. The minimum absolute atomic E-state index is 0.336. The van der Waals surface area contributed by atoms with Crippen LogP contribution in [0.15, 0.2) is 138 Å². The largest absolute Gasteiger partial charge is 0.455 e. The molecular formula is C37H22O. The molecule has 0 amide bonds. The van der Waals surface area contributed by atoms with Crippen molar-refractivity contribution < 1.29 is 4.42 Å². The van der Waals surface area contributed by atoms with Gasteiger partial charge < -0.3 is 4.42 Å². The van der Waals surface area contributed by atoms with Gasteiger partial charge in [-0.15, -0.1) is 0 Å². The fourth-order valence-corrected chi connectivity index (χ4v) is 7.33. The number of hydrogen-bond donors (Lipinski definition) is 0. The molecule has 1 nitrogen and oxygen atoms in total. The number of furan rings is 1. The van der Waals surface area contributed by atoms with Crippen LogP contribution >= 0.6 is 0 Å². The van der Waals surface area contributed by atoms with Crippen molar-refractivity contribution in [2.75, 3.05) is 0 Å². The molecule has 38 heavy (non-hydrogen) atoms. The first-order valence-corrected chi connectivity index (χ1v) is 13.2. The second kappa shape index (κ2) is 7.12. The predicted molar refractivity (Wildman–Crippen MR) is 155 cm³/mol. The van der Waals surface area contributed by atoms with Crippen LogP contribution in [0.1, 0.15) is 22.3 Å². The van der Waals surface area contributed by atoms with Gasteiger partial charge in [-0.3, -0.25) is 0 Å². The van der Waals surface area contributed by atoms with Crippen LogP contribution in [0.3, 0.4) is 0 Å². The van der Waals surface area contributed by atoms with Crippen molar-refractivity contribution in [1.29, 1.82) is 0 Å². The van der Waals surface area contributed by atoms with Crippen LogP contribution in [0.4, 0.5) is 0 Å². The maximum atomic E-state index is 6.52. The van der Waals surface area contributed by atoms with E-state index in [4.69, 9.17) is 4.42 Å². The van der Waals surface area contributed by atoms with Gasteiger partial charge in [-0.25, -0.2) is 0 Å². The van der Waals surface area contributed by atoms with Crippen LogP contribution in [0.25, 0.3) is 55.3 Å². The van der Waals surface area contributed by atoms with Crippen molar-refractivity contribution in [1.82, 2.24) is 0 Å². The van der Waals surface area contributed by atoms with E-state index in [2.05, 4.69) is 127 Å². The highest BCUT2D eigenvalue weighted by Gasteiger charge is 2.51. The number of para-hydroxylation sites is 2. The average molecular weight is 483 g/mol. The third-order valence-corrected chi connectivity index (χ3v) is 8.72. The van der Waals surface area contributed by atoms with Crippen molar-refractivity contribution >= 4 is 21.9 Å². The van der Waals surface area contributed by atoms with E-state index >= 15 is 0 Å². The first-order valence-electron chi connectivity index (χ1n) is 13.2. The molecule has 7 aromatic rings. The zero-order chi connectivity index (χ0) is 24.8. The Morgan fingerprint density at radius 3 is 1.63 bits per heavy atom. The highest BCUT2D eigenvalue weighted by molar-refractivity contribution is 6.11. The van der Waals surface area contributed by atoms with E-state index in [0.717, 1.165) is 27.5 Å². The molecule has 1 spiro atoms. The van der Waals surface area contributed by atoms with Gasteiger partial charge in [0.05, 0.1) is 5.41 Å². The van der Waals surface area contributed by atoms with Crippen molar-refractivity contribution in [3.8, 4) is 33.4 Å². The molecule has 6 aromatic carbocycles. The zero-order valence-corrected chi connectivity index (χ0v) is 20.6. The fraction of sp³-hybridized carbons (Fsp3) is 0.0270. The van der Waals surface area contributed by atoms with Gasteiger partial charge in [0, 0.05) is 16.3 Å². The minimum Gasteiger partial charge on any atom is -0.455 e. The molecule has 1 heterocycles. The molecule has 0 unspecified atom stereocenters. The van der Waals surface area contributed by atoms with E-state index in [1.165, 1.54) is 50.1 Å². The summed E-state index contributed by atoms with van der Waals surface area (Å²) in [6.45, 7) is 0. The molecule has 2 aliphatic carbocycles. The normalized spacial score (nSPS) is 14.0. The average Bonchev–Trinajstić information content (AvgIpc) is 3.61. The molecule has 0 atom stereocenters.